The Labute approximate surface area is 168 Å². The number of rotatable bonds is 4. The van der Waals surface area contributed by atoms with Gasteiger partial charge in [-0.05, 0) is 30.2 Å². The zero-order chi connectivity index (χ0) is 19.8. The van der Waals surface area contributed by atoms with Gasteiger partial charge in [0.05, 0.1) is 12.1 Å². The number of nitrogens with zero attached hydrogens (tertiary/aromatic N) is 4. The maximum atomic E-state index is 12.9. The predicted octanol–water partition coefficient (Wildman–Crippen LogP) is 4.63. The number of fused-ring (bicyclic) bond motifs is 1. The first-order valence-corrected chi connectivity index (χ1v) is 9.58. The maximum Gasteiger partial charge on any atom is 0.412 e. The van der Waals surface area contributed by atoms with Crippen LogP contribution in [-0.2, 0) is 11.3 Å². The Kier molecular flexibility index (Phi) is 4.24. The molecule has 1 amide bonds. The Bertz CT molecular complexity index is 1150. The summed E-state index contributed by atoms with van der Waals surface area (Å²) in [4.78, 5) is 14.6. The fraction of sp³-hybridized carbons (Fsp3) is 0.174. The molecule has 0 N–H and O–H groups in total. The highest BCUT2D eigenvalue weighted by Crippen LogP contribution is 2.41. The van der Waals surface area contributed by atoms with Crippen LogP contribution in [-0.4, -0.2) is 26.0 Å². The lowest BCUT2D eigenvalue weighted by Crippen LogP contribution is -2.32. The lowest BCUT2D eigenvalue weighted by Gasteiger charge is -2.25. The summed E-state index contributed by atoms with van der Waals surface area (Å²) >= 11 is 0. The van der Waals surface area contributed by atoms with E-state index < -0.39 is 12.3 Å². The first-order chi connectivity index (χ1) is 14.2. The molecule has 6 heteroatoms. The smallest absolute Gasteiger partial charge is 0.412 e. The summed E-state index contributed by atoms with van der Waals surface area (Å²) in [5.41, 5.74) is 4.77. The van der Waals surface area contributed by atoms with Crippen LogP contribution in [0.3, 0.4) is 0 Å². The number of carbonyl (C=O) groups is 1. The molecule has 4 aromatic rings. The van der Waals surface area contributed by atoms with Crippen molar-refractivity contribution in [3.63, 3.8) is 0 Å². The topological polar surface area (TPSA) is 60.2 Å². The van der Waals surface area contributed by atoms with Crippen molar-refractivity contribution in [1.82, 2.24) is 19.9 Å². The van der Waals surface area contributed by atoms with Crippen LogP contribution in [0.2, 0.25) is 0 Å². The monoisotopic (exact) mass is 384 g/mol. The normalized spacial score (nSPS) is 18.9. The van der Waals surface area contributed by atoms with E-state index in [2.05, 4.69) is 10.3 Å². The van der Waals surface area contributed by atoms with Gasteiger partial charge >= 0.3 is 6.09 Å². The molecular weight excluding hydrogens is 364 g/mol. The average molecular weight is 384 g/mol. The molecule has 144 valence electrons. The number of cyclic esters (lactones) is 1. The highest BCUT2D eigenvalue weighted by atomic mass is 16.6. The first-order valence-electron chi connectivity index (χ1n) is 9.58. The molecule has 1 fully saturated rings. The van der Waals surface area contributed by atoms with Crippen LogP contribution in [0.1, 0.15) is 29.0 Å². The lowest BCUT2D eigenvalue weighted by atomic mass is 10.0. The number of hydrogen-bond donors (Lipinski definition) is 0. The molecular formula is C23H20N4O2. The molecule has 0 radical (unpaired) electrons. The van der Waals surface area contributed by atoms with Crippen LogP contribution in [0.15, 0.2) is 78.9 Å². The van der Waals surface area contributed by atoms with E-state index in [1.807, 2.05) is 85.8 Å². The summed E-state index contributed by atoms with van der Waals surface area (Å²) in [5.74, 6) is 0. The van der Waals surface area contributed by atoms with Crippen molar-refractivity contribution in [2.45, 2.75) is 25.7 Å². The van der Waals surface area contributed by atoms with E-state index in [1.165, 1.54) is 0 Å². The molecule has 0 spiro atoms. The Morgan fingerprint density at radius 3 is 2.45 bits per heavy atom. The molecule has 1 aliphatic rings. The minimum Gasteiger partial charge on any atom is -0.437 e. The molecule has 5 rings (SSSR count). The number of carbonyl (C=O) groups excluding carboxylic acids is 1. The van der Waals surface area contributed by atoms with Crippen molar-refractivity contribution in [3.05, 3.63) is 95.6 Å². The molecule has 2 atom stereocenters. The SMILES string of the molecule is Cc1ccc([C@@H]2OC(=O)N(Cc3ccccc3)[C@H]2n2nnc3ccccc32)cc1. The Morgan fingerprint density at radius 1 is 0.931 bits per heavy atom. The van der Waals surface area contributed by atoms with Crippen LogP contribution >= 0.6 is 0 Å². The molecule has 2 heterocycles. The van der Waals surface area contributed by atoms with Gasteiger partial charge in [0.1, 0.15) is 5.52 Å². The molecule has 0 saturated carbocycles. The average Bonchev–Trinajstić information content (AvgIpc) is 3.31. The minimum atomic E-state index is -0.475. The molecule has 6 nitrogen and oxygen atoms in total. The van der Waals surface area contributed by atoms with Crippen LogP contribution in [0.5, 0.6) is 0 Å². The van der Waals surface area contributed by atoms with Crippen LogP contribution in [0, 0.1) is 6.92 Å². The van der Waals surface area contributed by atoms with Gasteiger partial charge in [0.15, 0.2) is 12.3 Å². The van der Waals surface area contributed by atoms with E-state index in [4.69, 9.17) is 4.74 Å². The second-order valence-corrected chi connectivity index (χ2v) is 7.26. The lowest BCUT2D eigenvalue weighted by molar-refractivity contribution is 0.119. The Balaban J connectivity index is 1.61. The fourth-order valence-corrected chi connectivity index (χ4v) is 3.79. The van der Waals surface area contributed by atoms with Gasteiger partial charge in [-0.3, -0.25) is 4.90 Å². The number of para-hydroxylation sites is 1. The summed E-state index contributed by atoms with van der Waals surface area (Å²) < 4.78 is 7.66. The third kappa shape index (κ3) is 3.12. The van der Waals surface area contributed by atoms with Gasteiger partial charge in [-0.25, -0.2) is 9.48 Å². The molecule has 29 heavy (non-hydrogen) atoms. The summed E-state index contributed by atoms with van der Waals surface area (Å²) in [5, 5.41) is 8.68. The zero-order valence-corrected chi connectivity index (χ0v) is 16.0. The van der Waals surface area contributed by atoms with Gasteiger partial charge in [-0.15, -0.1) is 5.10 Å². The second kappa shape index (κ2) is 7.05. The Hall–Kier alpha value is -3.67. The molecule has 1 aromatic heterocycles. The quantitative estimate of drug-likeness (QED) is 0.515. The summed E-state index contributed by atoms with van der Waals surface area (Å²) in [6.07, 6.45) is -1.27. The second-order valence-electron chi connectivity index (χ2n) is 7.26. The summed E-state index contributed by atoms with van der Waals surface area (Å²) in [7, 11) is 0. The summed E-state index contributed by atoms with van der Waals surface area (Å²) in [6.45, 7) is 2.47. The van der Waals surface area contributed by atoms with E-state index in [1.54, 1.807) is 9.58 Å². The number of hydrogen-bond acceptors (Lipinski definition) is 4. The van der Waals surface area contributed by atoms with E-state index in [-0.39, 0.29) is 6.09 Å². The van der Waals surface area contributed by atoms with E-state index in [0.29, 0.717) is 6.54 Å². The number of amides is 1. The van der Waals surface area contributed by atoms with Crippen molar-refractivity contribution in [2.24, 2.45) is 0 Å². The van der Waals surface area contributed by atoms with Crippen molar-refractivity contribution in [3.8, 4) is 0 Å². The number of aryl methyl sites for hydroxylation is 1. The molecule has 0 aliphatic carbocycles. The third-order valence-corrected chi connectivity index (χ3v) is 5.28. The van der Waals surface area contributed by atoms with Gasteiger partial charge in [0.2, 0.25) is 0 Å². The van der Waals surface area contributed by atoms with Gasteiger partial charge in [0.25, 0.3) is 0 Å². The highest BCUT2D eigenvalue weighted by Gasteiger charge is 2.45. The standard InChI is InChI=1S/C23H20N4O2/c1-16-11-13-18(14-12-16)21-22(27-20-10-6-5-9-19(20)24-25-27)26(23(28)29-21)15-17-7-3-2-4-8-17/h2-14,21-22H,15H2,1H3/t21-,22-/m0/s1. The fourth-order valence-electron chi connectivity index (χ4n) is 3.79. The summed E-state index contributed by atoms with van der Waals surface area (Å²) in [6, 6.07) is 25.7. The zero-order valence-electron chi connectivity index (χ0n) is 16.0. The molecule has 1 aliphatic heterocycles. The number of ether oxygens (including phenoxy) is 1. The molecule has 3 aromatic carbocycles. The third-order valence-electron chi connectivity index (χ3n) is 5.28. The van der Waals surface area contributed by atoms with Gasteiger partial charge in [-0.2, -0.15) is 0 Å². The largest absolute Gasteiger partial charge is 0.437 e. The van der Waals surface area contributed by atoms with Crippen LogP contribution < -0.4 is 0 Å². The van der Waals surface area contributed by atoms with Gasteiger partial charge in [-0.1, -0.05) is 77.5 Å². The van der Waals surface area contributed by atoms with Gasteiger partial charge < -0.3 is 4.74 Å². The van der Waals surface area contributed by atoms with Gasteiger partial charge in [0, 0.05) is 0 Å². The van der Waals surface area contributed by atoms with E-state index >= 15 is 0 Å². The van der Waals surface area contributed by atoms with Crippen molar-refractivity contribution >= 4 is 17.1 Å². The highest BCUT2D eigenvalue weighted by molar-refractivity contribution is 5.75. The number of aromatic nitrogens is 3. The van der Waals surface area contributed by atoms with Crippen LogP contribution in [0.4, 0.5) is 4.79 Å². The van der Waals surface area contributed by atoms with E-state index in [0.717, 1.165) is 27.7 Å². The van der Waals surface area contributed by atoms with Crippen molar-refractivity contribution < 1.29 is 9.53 Å². The van der Waals surface area contributed by atoms with E-state index in [9.17, 15) is 4.79 Å². The number of benzene rings is 3. The van der Waals surface area contributed by atoms with Crippen molar-refractivity contribution in [2.75, 3.05) is 0 Å². The predicted molar refractivity (Wildman–Crippen MR) is 109 cm³/mol. The molecule has 1 saturated heterocycles. The Morgan fingerprint density at radius 2 is 1.66 bits per heavy atom. The molecule has 0 bridgehead atoms. The molecule has 0 unspecified atom stereocenters. The van der Waals surface area contributed by atoms with Crippen molar-refractivity contribution in [1.29, 1.82) is 0 Å². The maximum absolute atomic E-state index is 12.9. The minimum absolute atomic E-state index is 0.357. The van der Waals surface area contributed by atoms with Crippen LogP contribution in [0.25, 0.3) is 11.0 Å². The first kappa shape index (κ1) is 17.4.